The minimum atomic E-state index is -4.49. The van der Waals surface area contributed by atoms with Crippen LogP contribution in [0.3, 0.4) is 0 Å². The third-order valence-corrected chi connectivity index (χ3v) is 3.09. The van der Waals surface area contributed by atoms with E-state index >= 15 is 0 Å². The summed E-state index contributed by atoms with van der Waals surface area (Å²) in [5, 5.41) is 2.67. The average Bonchev–Trinajstić information content (AvgIpc) is 2.82. The van der Waals surface area contributed by atoms with Crippen LogP contribution in [-0.2, 0) is 14.3 Å². The van der Waals surface area contributed by atoms with E-state index < -0.39 is 30.8 Å². The molecule has 1 rings (SSSR count). The second-order valence-electron chi connectivity index (χ2n) is 3.71. The minimum Gasteiger partial charge on any atom is -0.465 e. The van der Waals surface area contributed by atoms with Gasteiger partial charge in [0.15, 0.2) is 0 Å². The summed E-state index contributed by atoms with van der Waals surface area (Å²) in [5.41, 5.74) is 0. The normalized spacial score (nSPS) is 12.8. The number of anilines is 1. The molecule has 0 saturated heterocycles. The summed E-state index contributed by atoms with van der Waals surface area (Å²) >= 11 is 0.951. The van der Waals surface area contributed by atoms with Crippen molar-refractivity contribution in [3.8, 4) is 0 Å². The molecule has 1 heterocycles. The molecule has 20 heavy (non-hydrogen) atoms. The number of rotatable bonds is 5. The van der Waals surface area contributed by atoms with E-state index in [-0.39, 0.29) is 4.88 Å². The van der Waals surface area contributed by atoms with Gasteiger partial charge in [0.05, 0.1) is 12.1 Å². The molecule has 0 aromatic carbocycles. The number of methoxy groups -OCH3 is 1. The van der Waals surface area contributed by atoms with E-state index in [0.717, 1.165) is 11.3 Å². The maximum atomic E-state index is 11.9. The number of halogens is 3. The highest BCUT2D eigenvalue weighted by atomic mass is 32.1. The van der Waals surface area contributed by atoms with Crippen molar-refractivity contribution in [3.63, 3.8) is 0 Å². The molecule has 5 nitrogen and oxygen atoms in total. The Morgan fingerprint density at radius 3 is 2.60 bits per heavy atom. The van der Waals surface area contributed by atoms with Crippen molar-refractivity contribution in [1.29, 1.82) is 0 Å². The smallest absolute Gasteiger partial charge is 0.411 e. The molecule has 0 aliphatic rings. The van der Waals surface area contributed by atoms with Gasteiger partial charge in [0.25, 0.3) is 5.91 Å². The Hall–Kier alpha value is -1.61. The van der Waals surface area contributed by atoms with Gasteiger partial charge in [-0.2, -0.15) is 13.2 Å². The fourth-order valence-corrected chi connectivity index (χ4v) is 1.96. The predicted octanol–water partition coefficient (Wildman–Crippen LogP) is 2.44. The van der Waals surface area contributed by atoms with Gasteiger partial charge in [-0.05, 0) is 19.1 Å². The Morgan fingerprint density at radius 1 is 1.40 bits per heavy atom. The highest BCUT2D eigenvalue weighted by Gasteiger charge is 2.30. The van der Waals surface area contributed by atoms with Gasteiger partial charge >= 0.3 is 12.1 Å². The Labute approximate surface area is 116 Å². The molecule has 0 saturated carbocycles. The highest BCUT2D eigenvalue weighted by molar-refractivity contribution is 7.18. The van der Waals surface area contributed by atoms with Crippen molar-refractivity contribution >= 4 is 28.2 Å². The van der Waals surface area contributed by atoms with Gasteiger partial charge in [0.1, 0.15) is 17.6 Å². The first-order valence-corrected chi connectivity index (χ1v) is 6.22. The van der Waals surface area contributed by atoms with E-state index in [2.05, 4.69) is 14.8 Å². The van der Waals surface area contributed by atoms with E-state index in [1.54, 1.807) is 0 Å². The second kappa shape index (κ2) is 6.71. The summed E-state index contributed by atoms with van der Waals surface area (Å²) < 4.78 is 44.7. The first-order valence-electron chi connectivity index (χ1n) is 5.40. The highest BCUT2D eigenvalue weighted by Crippen LogP contribution is 2.23. The Kier molecular flexibility index (Phi) is 5.52. The number of hydrogen-bond donors (Lipinski definition) is 1. The molecule has 0 fully saturated rings. The summed E-state index contributed by atoms with van der Waals surface area (Å²) in [5.74, 6) is -1.29. The summed E-state index contributed by atoms with van der Waals surface area (Å²) in [4.78, 5) is 23.0. The number of hydrogen-bond acceptors (Lipinski definition) is 5. The van der Waals surface area contributed by atoms with E-state index in [4.69, 9.17) is 0 Å². The molecule has 0 bridgehead atoms. The molecular weight excluding hydrogens is 299 g/mol. The number of carbonyl (C=O) groups is 2. The van der Waals surface area contributed by atoms with Gasteiger partial charge in [-0.25, -0.2) is 4.79 Å². The summed E-state index contributed by atoms with van der Waals surface area (Å²) in [6.07, 6.45) is -5.75. The fourth-order valence-electron chi connectivity index (χ4n) is 1.13. The van der Waals surface area contributed by atoms with Crippen molar-refractivity contribution in [1.82, 2.24) is 0 Å². The molecule has 0 aliphatic heterocycles. The molecule has 1 aromatic heterocycles. The standard InChI is InChI=1S/C11H12F3NO4S/c1-6(19-5-11(12,13)14)9(16)15-8-4-3-7(20-8)10(17)18-2/h3-4,6H,5H2,1-2H3,(H,15,16)/t6-/m1/s1. The lowest BCUT2D eigenvalue weighted by molar-refractivity contribution is -0.184. The Morgan fingerprint density at radius 2 is 2.05 bits per heavy atom. The van der Waals surface area contributed by atoms with Gasteiger partial charge in [-0.3, -0.25) is 4.79 Å². The number of carbonyl (C=O) groups excluding carboxylic acids is 2. The largest absolute Gasteiger partial charge is 0.465 e. The molecule has 1 amide bonds. The number of ether oxygens (including phenoxy) is 2. The molecule has 0 aliphatic carbocycles. The molecule has 1 aromatic rings. The fraction of sp³-hybridized carbons (Fsp3) is 0.455. The number of nitrogens with one attached hydrogen (secondary N) is 1. The SMILES string of the molecule is COC(=O)c1ccc(NC(=O)[C@@H](C)OCC(F)(F)F)s1. The molecular formula is C11H12F3NO4S. The zero-order valence-corrected chi connectivity index (χ0v) is 11.4. The van der Waals surface area contributed by atoms with Crippen molar-refractivity contribution in [2.75, 3.05) is 19.0 Å². The third-order valence-electron chi connectivity index (χ3n) is 2.11. The maximum Gasteiger partial charge on any atom is 0.411 e. The van der Waals surface area contributed by atoms with Gasteiger partial charge in [0, 0.05) is 0 Å². The molecule has 112 valence electrons. The molecule has 1 N–H and O–H groups in total. The van der Waals surface area contributed by atoms with Crippen LogP contribution < -0.4 is 5.32 Å². The van der Waals surface area contributed by atoms with E-state index in [9.17, 15) is 22.8 Å². The average molecular weight is 311 g/mol. The topological polar surface area (TPSA) is 64.6 Å². The number of thiophene rings is 1. The van der Waals surface area contributed by atoms with Gasteiger partial charge < -0.3 is 14.8 Å². The number of amides is 1. The minimum absolute atomic E-state index is 0.270. The Bertz CT molecular complexity index is 486. The van der Waals surface area contributed by atoms with Crippen molar-refractivity contribution in [2.45, 2.75) is 19.2 Å². The van der Waals surface area contributed by atoms with Crippen molar-refractivity contribution < 1.29 is 32.2 Å². The van der Waals surface area contributed by atoms with Crippen molar-refractivity contribution in [3.05, 3.63) is 17.0 Å². The lowest BCUT2D eigenvalue weighted by Crippen LogP contribution is -2.31. The van der Waals surface area contributed by atoms with E-state index in [0.29, 0.717) is 5.00 Å². The van der Waals surface area contributed by atoms with Crippen LogP contribution >= 0.6 is 11.3 Å². The van der Waals surface area contributed by atoms with Crippen LogP contribution in [0.15, 0.2) is 12.1 Å². The zero-order chi connectivity index (χ0) is 15.3. The maximum absolute atomic E-state index is 11.9. The molecule has 0 radical (unpaired) electrons. The van der Waals surface area contributed by atoms with Crippen LogP contribution in [0.5, 0.6) is 0 Å². The summed E-state index contributed by atoms with van der Waals surface area (Å²) in [6, 6.07) is 2.89. The summed E-state index contributed by atoms with van der Waals surface area (Å²) in [7, 11) is 1.22. The number of alkyl halides is 3. The monoisotopic (exact) mass is 311 g/mol. The zero-order valence-electron chi connectivity index (χ0n) is 10.6. The van der Waals surface area contributed by atoms with Crippen LogP contribution in [0.1, 0.15) is 16.6 Å². The predicted molar refractivity (Wildman–Crippen MR) is 65.8 cm³/mol. The lowest BCUT2D eigenvalue weighted by Gasteiger charge is -2.13. The molecule has 0 spiro atoms. The molecule has 9 heteroatoms. The van der Waals surface area contributed by atoms with Crippen LogP contribution in [0.2, 0.25) is 0 Å². The van der Waals surface area contributed by atoms with E-state index in [1.807, 2.05) is 0 Å². The molecule has 0 unspecified atom stereocenters. The number of esters is 1. The van der Waals surface area contributed by atoms with Crippen LogP contribution in [0.25, 0.3) is 0 Å². The second-order valence-corrected chi connectivity index (χ2v) is 4.80. The van der Waals surface area contributed by atoms with Gasteiger partial charge in [0.2, 0.25) is 0 Å². The summed E-state index contributed by atoms with van der Waals surface area (Å²) in [6.45, 7) is -0.296. The van der Waals surface area contributed by atoms with Crippen molar-refractivity contribution in [2.24, 2.45) is 0 Å². The Balaban J connectivity index is 2.53. The lowest BCUT2D eigenvalue weighted by atomic mass is 10.4. The molecule has 1 atom stereocenters. The van der Waals surface area contributed by atoms with Crippen LogP contribution in [-0.4, -0.2) is 37.9 Å². The van der Waals surface area contributed by atoms with Gasteiger partial charge in [-0.15, -0.1) is 11.3 Å². The first kappa shape index (κ1) is 16.4. The first-order chi connectivity index (χ1) is 9.23. The van der Waals surface area contributed by atoms with Crippen LogP contribution in [0.4, 0.5) is 18.2 Å². The van der Waals surface area contributed by atoms with E-state index in [1.165, 1.54) is 26.2 Å². The van der Waals surface area contributed by atoms with Crippen LogP contribution in [0, 0.1) is 0 Å². The van der Waals surface area contributed by atoms with Gasteiger partial charge in [-0.1, -0.05) is 0 Å². The quantitative estimate of drug-likeness (QED) is 0.848. The third kappa shape index (κ3) is 5.17.